The molecule has 4 nitrogen and oxygen atoms in total. The summed E-state index contributed by atoms with van der Waals surface area (Å²) < 4.78 is 5.51. The van der Waals surface area contributed by atoms with Crippen LogP contribution in [-0.2, 0) is 4.79 Å². The van der Waals surface area contributed by atoms with Gasteiger partial charge in [-0.05, 0) is 18.1 Å². The molecule has 4 heteroatoms. The summed E-state index contributed by atoms with van der Waals surface area (Å²) in [5.74, 6) is -1.03. The second-order valence-electron chi connectivity index (χ2n) is 4.10. The molecule has 0 bridgehead atoms. The predicted molar refractivity (Wildman–Crippen MR) is 59.2 cm³/mol. The van der Waals surface area contributed by atoms with Gasteiger partial charge in [-0.1, -0.05) is 13.8 Å². The molecule has 0 aliphatic carbocycles. The van der Waals surface area contributed by atoms with Crippen LogP contribution in [0.2, 0.25) is 0 Å². The van der Waals surface area contributed by atoms with E-state index in [2.05, 4.69) is 4.98 Å². The minimum atomic E-state index is -0.867. The Bertz CT molecular complexity index is 483. The van der Waals surface area contributed by atoms with Crippen molar-refractivity contribution in [1.29, 1.82) is 0 Å². The maximum absolute atomic E-state index is 11.1. The van der Waals surface area contributed by atoms with Gasteiger partial charge in [-0.2, -0.15) is 0 Å². The topological polar surface area (TPSA) is 63.3 Å². The third-order valence-electron chi connectivity index (χ3n) is 2.55. The monoisotopic (exact) mass is 219 g/mol. The molecule has 2 heterocycles. The quantitative estimate of drug-likeness (QED) is 0.861. The fourth-order valence-electron chi connectivity index (χ4n) is 1.78. The van der Waals surface area contributed by atoms with Gasteiger partial charge < -0.3 is 9.52 Å². The number of hydrogen-bond acceptors (Lipinski definition) is 3. The Balaban J connectivity index is 2.49. The average Bonchev–Trinajstić information content (AvgIpc) is 2.58. The minimum absolute atomic E-state index is 0.0157. The molecule has 0 amide bonds. The Hall–Kier alpha value is -1.84. The summed E-state index contributed by atoms with van der Waals surface area (Å²) in [6.45, 7) is 3.72. The van der Waals surface area contributed by atoms with Gasteiger partial charge in [0.05, 0.1) is 0 Å². The molecule has 84 valence electrons. The Morgan fingerprint density at radius 3 is 2.81 bits per heavy atom. The van der Waals surface area contributed by atoms with E-state index in [0.29, 0.717) is 16.9 Å². The van der Waals surface area contributed by atoms with Crippen LogP contribution in [0.3, 0.4) is 0 Å². The number of nitrogens with zero attached hydrogens (tertiary/aromatic N) is 1. The first-order valence-corrected chi connectivity index (χ1v) is 5.17. The molecule has 16 heavy (non-hydrogen) atoms. The highest BCUT2D eigenvalue weighted by molar-refractivity contribution is 5.79. The van der Waals surface area contributed by atoms with Crippen LogP contribution in [0, 0.1) is 5.92 Å². The molecule has 0 aliphatic rings. The van der Waals surface area contributed by atoms with Crippen LogP contribution in [0.4, 0.5) is 0 Å². The van der Waals surface area contributed by atoms with Gasteiger partial charge >= 0.3 is 5.97 Å². The summed E-state index contributed by atoms with van der Waals surface area (Å²) in [5, 5.41) is 9.14. The summed E-state index contributed by atoms with van der Waals surface area (Å²) in [5.41, 5.74) is 1.33. The molecule has 2 aromatic heterocycles. The number of fused-ring (bicyclic) bond motifs is 1. The predicted octanol–water partition coefficient (Wildman–Crippen LogP) is 2.65. The summed E-state index contributed by atoms with van der Waals surface area (Å²) in [6.07, 6.45) is 1.66. The summed E-state index contributed by atoms with van der Waals surface area (Å²) in [4.78, 5) is 15.3. The lowest BCUT2D eigenvalue weighted by Crippen LogP contribution is -2.16. The molecule has 0 aliphatic heterocycles. The molecule has 0 spiro atoms. The van der Waals surface area contributed by atoms with Crippen LogP contribution in [0.15, 0.2) is 28.8 Å². The van der Waals surface area contributed by atoms with Crippen LogP contribution >= 0.6 is 0 Å². The Kier molecular flexibility index (Phi) is 2.64. The van der Waals surface area contributed by atoms with Crippen molar-refractivity contribution in [1.82, 2.24) is 4.98 Å². The van der Waals surface area contributed by atoms with Crippen LogP contribution in [-0.4, -0.2) is 16.1 Å². The van der Waals surface area contributed by atoms with E-state index >= 15 is 0 Å². The van der Waals surface area contributed by atoms with Crippen LogP contribution in [0.1, 0.15) is 25.5 Å². The first-order chi connectivity index (χ1) is 7.59. The lowest BCUT2D eigenvalue weighted by atomic mass is 9.93. The van der Waals surface area contributed by atoms with Crippen LogP contribution in [0.5, 0.6) is 0 Å². The number of hydrogen-bond donors (Lipinski definition) is 1. The van der Waals surface area contributed by atoms with E-state index in [1.54, 1.807) is 24.4 Å². The highest BCUT2D eigenvalue weighted by Gasteiger charge is 2.27. The van der Waals surface area contributed by atoms with E-state index in [1.165, 1.54) is 0 Å². The zero-order valence-electron chi connectivity index (χ0n) is 9.18. The summed E-state index contributed by atoms with van der Waals surface area (Å²) in [6, 6.07) is 5.25. The van der Waals surface area contributed by atoms with Crippen molar-refractivity contribution in [3.8, 4) is 0 Å². The second kappa shape index (κ2) is 3.96. The number of pyridine rings is 1. The number of aliphatic carboxylic acids is 1. The van der Waals surface area contributed by atoms with Gasteiger partial charge in [0.15, 0.2) is 5.58 Å². The summed E-state index contributed by atoms with van der Waals surface area (Å²) in [7, 11) is 0. The highest BCUT2D eigenvalue weighted by atomic mass is 16.4. The van der Waals surface area contributed by atoms with Crippen molar-refractivity contribution in [2.45, 2.75) is 19.8 Å². The Morgan fingerprint density at radius 1 is 1.50 bits per heavy atom. The van der Waals surface area contributed by atoms with E-state index in [9.17, 15) is 4.79 Å². The van der Waals surface area contributed by atoms with Crippen molar-refractivity contribution in [3.63, 3.8) is 0 Å². The summed E-state index contributed by atoms with van der Waals surface area (Å²) >= 11 is 0. The fraction of sp³-hybridized carbons (Fsp3) is 0.333. The fourth-order valence-corrected chi connectivity index (χ4v) is 1.78. The lowest BCUT2D eigenvalue weighted by Gasteiger charge is -2.12. The zero-order valence-corrected chi connectivity index (χ0v) is 9.18. The Morgan fingerprint density at radius 2 is 2.25 bits per heavy atom. The third-order valence-corrected chi connectivity index (χ3v) is 2.55. The van der Waals surface area contributed by atoms with E-state index < -0.39 is 11.9 Å². The van der Waals surface area contributed by atoms with E-state index in [-0.39, 0.29) is 5.92 Å². The standard InChI is InChI=1S/C12H13NO3/c1-7(2)11(12(14)15)10-6-8-9(16-10)4-3-5-13-8/h3-7,11H,1-2H3,(H,14,15). The molecule has 2 aromatic rings. The average molecular weight is 219 g/mol. The van der Waals surface area contributed by atoms with Crippen molar-refractivity contribution < 1.29 is 14.3 Å². The minimum Gasteiger partial charge on any atom is -0.481 e. The maximum Gasteiger partial charge on any atom is 0.314 e. The Labute approximate surface area is 92.9 Å². The van der Waals surface area contributed by atoms with Crippen molar-refractivity contribution >= 4 is 17.1 Å². The third kappa shape index (κ3) is 1.78. The molecule has 0 saturated heterocycles. The van der Waals surface area contributed by atoms with Crippen molar-refractivity contribution in [2.24, 2.45) is 5.92 Å². The number of carboxylic acids is 1. The van der Waals surface area contributed by atoms with Gasteiger partial charge in [0.2, 0.25) is 0 Å². The van der Waals surface area contributed by atoms with Crippen molar-refractivity contribution in [2.75, 3.05) is 0 Å². The molecule has 0 fully saturated rings. The van der Waals surface area contributed by atoms with Gasteiger partial charge in [-0.25, -0.2) is 0 Å². The number of carbonyl (C=O) groups is 1. The molecule has 1 unspecified atom stereocenters. The molecule has 0 saturated carbocycles. The molecular formula is C12H13NO3. The van der Waals surface area contributed by atoms with Gasteiger partial charge in [0.1, 0.15) is 17.2 Å². The molecule has 1 atom stereocenters. The first kappa shape index (κ1) is 10.7. The first-order valence-electron chi connectivity index (χ1n) is 5.17. The second-order valence-corrected chi connectivity index (χ2v) is 4.10. The highest BCUT2D eigenvalue weighted by Crippen LogP contribution is 2.29. The van der Waals surface area contributed by atoms with Crippen molar-refractivity contribution in [3.05, 3.63) is 30.2 Å². The number of aromatic nitrogens is 1. The number of rotatable bonds is 3. The van der Waals surface area contributed by atoms with E-state index in [1.807, 2.05) is 13.8 Å². The normalized spacial score (nSPS) is 13.2. The lowest BCUT2D eigenvalue weighted by molar-refractivity contribution is -0.140. The van der Waals surface area contributed by atoms with Gasteiger partial charge in [0.25, 0.3) is 0 Å². The van der Waals surface area contributed by atoms with Crippen LogP contribution < -0.4 is 0 Å². The van der Waals surface area contributed by atoms with Gasteiger partial charge in [0, 0.05) is 12.3 Å². The number of furan rings is 1. The van der Waals surface area contributed by atoms with Crippen LogP contribution in [0.25, 0.3) is 11.1 Å². The SMILES string of the molecule is CC(C)C(C(=O)O)c1cc2ncccc2o1. The largest absolute Gasteiger partial charge is 0.481 e. The molecular weight excluding hydrogens is 206 g/mol. The number of carboxylic acid groups (broad SMARTS) is 1. The zero-order chi connectivity index (χ0) is 11.7. The van der Waals surface area contributed by atoms with Gasteiger partial charge in [-0.15, -0.1) is 0 Å². The molecule has 0 radical (unpaired) electrons. The van der Waals surface area contributed by atoms with E-state index in [0.717, 1.165) is 0 Å². The molecule has 1 N–H and O–H groups in total. The molecule has 2 rings (SSSR count). The smallest absolute Gasteiger partial charge is 0.314 e. The van der Waals surface area contributed by atoms with E-state index in [4.69, 9.17) is 9.52 Å². The maximum atomic E-state index is 11.1. The molecule has 0 aromatic carbocycles. The van der Waals surface area contributed by atoms with Gasteiger partial charge in [-0.3, -0.25) is 9.78 Å².